The van der Waals surface area contributed by atoms with Crippen LogP contribution in [0.15, 0.2) is 18.2 Å². The normalized spacial score (nSPS) is 18.8. The van der Waals surface area contributed by atoms with Crippen LogP contribution in [-0.4, -0.2) is 30.2 Å². The Balaban J connectivity index is 2.04. The van der Waals surface area contributed by atoms with E-state index >= 15 is 0 Å². The monoisotopic (exact) mass is 549 g/mol. The molecule has 1 amide bonds. The minimum absolute atomic E-state index is 0.0359. The smallest absolute Gasteiger partial charge is 0.355 e. The zero-order chi connectivity index (χ0) is 26.3. The van der Waals surface area contributed by atoms with Crippen LogP contribution in [0.25, 0.3) is 0 Å². The lowest BCUT2D eigenvalue weighted by atomic mass is 9.78. The summed E-state index contributed by atoms with van der Waals surface area (Å²) < 4.78 is 112. The molecule has 192 valence electrons. The number of pyridine rings is 1. The highest BCUT2D eigenvalue weighted by atomic mass is 35.5. The molecule has 0 saturated carbocycles. The van der Waals surface area contributed by atoms with Gasteiger partial charge in [0.1, 0.15) is 22.1 Å². The topological polar surface area (TPSA) is 45.2 Å². The summed E-state index contributed by atoms with van der Waals surface area (Å²) in [4.78, 5) is 15.9. The van der Waals surface area contributed by atoms with E-state index in [-0.39, 0.29) is 12.0 Å². The van der Waals surface area contributed by atoms with Crippen molar-refractivity contribution < 1.29 is 39.9 Å². The highest BCUT2D eigenvalue weighted by Crippen LogP contribution is 2.51. The van der Waals surface area contributed by atoms with Crippen molar-refractivity contribution in [2.45, 2.75) is 44.1 Å². The number of hydrogen-bond acceptors (Lipinski definition) is 3. The largest absolute Gasteiger partial charge is 0.433 e. The Morgan fingerprint density at radius 1 is 1.14 bits per heavy atom. The second-order valence-electron chi connectivity index (χ2n) is 7.90. The molecule has 1 aliphatic heterocycles. The lowest BCUT2D eigenvalue weighted by Gasteiger charge is -2.33. The van der Waals surface area contributed by atoms with E-state index in [0.717, 1.165) is 17.0 Å². The second-order valence-corrected chi connectivity index (χ2v) is 8.69. The number of rotatable bonds is 5. The average Bonchev–Trinajstić information content (AvgIpc) is 3.24. The van der Waals surface area contributed by atoms with Gasteiger partial charge < -0.3 is 10.2 Å². The molecule has 1 fully saturated rings. The Morgan fingerprint density at radius 2 is 1.80 bits per heavy atom. The molecule has 0 radical (unpaired) electrons. The van der Waals surface area contributed by atoms with E-state index in [1.54, 1.807) is 0 Å². The molecule has 0 aliphatic carbocycles. The van der Waals surface area contributed by atoms with Crippen molar-refractivity contribution in [1.29, 1.82) is 0 Å². The number of carbonyl (C=O) groups excluding carboxylic acids is 1. The number of aromatic nitrogens is 1. The Kier molecular flexibility index (Phi) is 7.48. The minimum Gasteiger partial charge on any atom is -0.355 e. The first-order chi connectivity index (χ1) is 16.1. The maximum Gasteiger partial charge on any atom is 0.433 e. The zero-order valence-electron chi connectivity index (χ0n) is 17.8. The zero-order valence-corrected chi connectivity index (χ0v) is 19.4. The van der Waals surface area contributed by atoms with Gasteiger partial charge in [-0.2, -0.15) is 26.3 Å². The highest BCUT2D eigenvalue weighted by Gasteiger charge is 2.61. The summed E-state index contributed by atoms with van der Waals surface area (Å²) in [5.41, 5.74) is -5.72. The van der Waals surface area contributed by atoms with Gasteiger partial charge in [0.25, 0.3) is 0 Å². The number of carbonyl (C=O) groups is 1. The quantitative estimate of drug-likeness (QED) is 0.266. The molecule has 1 aromatic heterocycles. The standard InChI is InChI=1S/C21H17Cl2F8N3O/c1-2-14(35)32-8-10-3-4-13(33-18(10)20(26,27)28)34-6-5-19(9-34,21(29,30)31)11-7-12(22)17(25)15(23)16(11)24/h3-4,7H,2,5-6,8-9H2,1H3,(H,32,35). The first-order valence-electron chi connectivity index (χ1n) is 10.1. The van der Waals surface area contributed by atoms with Crippen LogP contribution in [-0.2, 0) is 22.9 Å². The van der Waals surface area contributed by atoms with Crippen LogP contribution in [0.4, 0.5) is 40.9 Å². The maximum atomic E-state index is 14.7. The van der Waals surface area contributed by atoms with Gasteiger partial charge in [-0.05, 0) is 18.6 Å². The molecule has 1 N–H and O–H groups in total. The molecule has 1 saturated heterocycles. The van der Waals surface area contributed by atoms with Gasteiger partial charge in [-0.15, -0.1) is 0 Å². The van der Waals surface area contributed by atoms with Crippen LogP contribution in [0.2, 0.25) is 10.0 Å². The van der Waals surface area contributed by atoms with Gasteiger partial charge in [0, 0.05) is 37.2 Å². The lowest BCUT2D eigenvalue weighted by molar-refractivity contribution is -0.185. The van der Waals surface area contributed by atoms with Crippen LogP contribution in [0, 0.1) is 11.6 Å². The molecule has 0 spiro atoms. The second kappa shape index (κ2) is 9.61. The fraction of sp³-hybridized carbons (Fsp3) is 0.429. The number of hydrogen-bond donors (Lipinski definition) is 1. The van der Waals surface area contributed by atoms with Crippen molar-refractivity contribution in [2.24, 2.45) is 0 Å². The van der Waals surface area contributed by atoms with E-state index in [4.69, 9.17) is 23.2 Å². The Hall–Kier alpha value is -2.34. The minimum atomic E-state index is -5.09. The van der Waals surface area contributed by atoms with E-state index in [0.29, 0.717) is 6.07 Å². The summed E-state index contributed by atoms with van der Waals surface area (Å²) in [6.45, 7) is -0.436. The van der Waals surface area contributed by atoms with Gasteiger partial charge in [0.05, 0.1) is 5.02 Å². The van der Waals surface area contributed by atoms with Crippen molar-refractivity contribution >= 4 is 34.9 Å². The lowest BCUT2D eigenvalue weighted by Crippen LogP contribution is -2.45. The molecular formula is C21H17Cl2F8N3O. The predicted octanol–water partition coefficient (Wildman–Crippen LogP) is 6.42. The molecule has 1 aromatic carbocycles. The summed E-state index contributed by atoms with van der Waals surface area (Å²) in [7, 11) is 0. The van der Waals surface area contributed by atoms with Gasteiger partial charge >= 0.3 is 12.4 Å². The molecule has 1 atom stereocenters. The van der Waals surface area contributed by atoms with Crippen LogP contribution >= 0.6 is 23.2 Å². The Morgan fingerprint density at radius 3 is 2.37 bits per heavy atom. The van der Waals surface area contributed by atoms with Crippen molar-refractivity contribution in [3.63, 3.8) is 0 Å². The van der Waals surface area contributed by atoms with Gasteiger partial charge in [0.15, 0.2) is 11.5 Å². The average molecular weight is 550 g/mol. The van der Waals surface area contributed by atoms with Crippen molar-refractivity contribution in [1.82, 2.24) is 10.3 Å². The van der Waals surface area contributed by atoms with Gasteiger partial charge in [-0.3, -0.25) is 4.79 Å². The van der Waals surface area contributed by atoms with Crippen LogP contribution in [0.1, 0.15) is 36.6 Å². The third kappa shape index (κ3) is 5.13. The SMILES string of the molecule is CCC(=O)NCc1ccc(N2CCC(c3cc(Cl)c(F)c(Cl)c3F)(C(F)(F)F)C2)nc1C(F)(F)F. The summed E-state index contributed by atoms with van der Waals surface area (Å²) in [6, 6.07) is 2.57. The van der Waals surface area contributed by atoms with E-state index in [2.05, 4.69) is 10.3 Å². The van der Waals surface area contributed by atoms with Crippen LogP contribution < -0.4 is 10.2 Å². The molecule has 0 bridgehead atoms. The molecule has 4 nitrogen and oxygen atoms in total. The molecule has 2 heterocycles. The first kappa shape index (κ1) is 27.3. The van der Waals surface area contributed by atoms with E-state index < -0.39 is 88.5 Å². The van der Waals surface area contributed by atoms with E-state index in [9.17, 15) is 39.9 Å². The number of nitrogens with zero attached hydrogens (tertiary/aromatic N) is 2. The number of nitrogens with one attached hydrogen (secondary N) is 1. The first-order valence-corrected chi connectivity index (χ1v) is 10.9. The van der Waals surface area contributed by atoms with Gasteiger partial charge in [-0.25, -0.2) is 13.8 Å². The number of alkyl halides is 6. The summed E-state index contributed by atoms with van der Waals surface area (Å²) >= 11 is 11.1. The predicted molar refractivity (Wildman–Crippen MR) is 112 cm³/mol. The van der Waals surface area contributed by atoms with Gasteiger partial charge in [0.2, 0.25) is 5.91 Å². The highest BCUT2D eigenvalue weighted by molar-refractivity contribution is 6.35. The fourth-order valence-electron chi connectivity index (χ4n) is 3.89. The number of anilines is 1. The van der Waals surface area contributed by atoms with Crippen LogP contribution in [0.3, 0.4) is 0 Å². The fourth-order valence-corrected chi connectivity index (χ4v) is 4.35. The Labute approximate surface area is 204 Å². The third-order valence-electron chi connectivity index (χ3n) is 5.78. The molecule has 14 heteroatoms. The maximum absolute atomic E-state index is 14.7. The molecule has 1 unspecified atom stereocenters. The molecule has 3 rings (SSSR count). The van der Waals surface area contributed by atoms with Gasteiger partial charge in [-0.1, -0.05) is 36.2 Å². The number of benzene rings is 1. The van der Waals surface area contributed by atoms with E-state index in [1.807, 2.05) is 0 Å². The molecular weight excluding hydrogens is 533 g/mol. The summed E-state index contributed by atoms with van der Waals surface area (Å²) in [6.07, 6.45) is -10.8. The van der Waals surface area contributed by atoms with Crippen molar-refractivity contribution in [3.05, 3.63) is 56.7 Å². The van der Waals surface area contributed by atoms with E-state index in [1.165, 1.54) is 6.92 Å². The summed E-state index contributed by atoms with van der Waals surface area (Å²) in [5.74, 6) is -4.02. The molecule has 35 heavy (non-hydrogen) atoms. The van der Waals surface area contributed by atoms with Crippen LogP contribution in [0.5, 0.6) is 0 Å². The molecule has 1 aliphatic rings. The third-order valence-corrected chi connectivity index (χ3v) is 6.39. The number of halogens is 10. The molecule has 2 aromatic rings. The Bertz CT molecular complexity index is 1140. The summed E-state index contributed by atoms with van der Waals surface area (Å²) in [5, 5.41) is 0.241. The van der Waals surface area contributed by atoms with Crippen molar-refractivity contribution in [2.75, 3.05) is 18.0 Å². The number of amides is 1. The van der Waals surface area contributed by atoms with Crippen molar-refractivity contribution in [3.8, 4) is 0 Å².